The number of rotatable bonds is 5. The third-order valence-corrected chi connectivity index (χ3v) is 7.65. The summed E-state index contributed by atoms with van der Waals surface area (Å²) in [5, 5.41) is 16.6. The first kappa shape index (κ1) is 32.8. The molecule has 0 aromatic rings. The topological polar surface area (TPSA) is 114 Å². The van der Waals surface area contributed by atoms with E-state index in [0.29, 0.717) is 6.42 Å². The van der Waals surface area contributed by atoms with Crippen LogP contribution in [0.25, 0.3) is 0 Å². The van der Waals surface area contributed by atoms with Crippen molar-refractivity contribution >= 4 is 18.0 Å². The van der Waals surface area contributed by atoms with E-state index in [2.05, 4.69) is 35.8 Å². The molecule has 0 unspecified atom stereocenters. The van der Waals surface area contributed by atoms with E-state index in [1.54, 1.807) is 13.0 Å². The van der Waals surface area contributed by atoms with Crippen molar-refractivity contribution in [2.45, 2.75) is 79.2 Å². The molecule has 0 bridgehead atoms. The summed E-state index contributed by atoms with van der Waals surface area (Å²) >= 11 is 0. The normalized spacial score (nSPS) is 34.7. The van der Waals surface area contributed by atoms with Crippen molar-refractivity contribution in [2.24, 2.45) is 23.2 Å². The number of alkyl carbamates (subject to hydrolysis) is 1. The molecule has 0 saturated heterocycles. The number of aliphatic hydroxyl groups is 1. The fourth-order valence-corrected chi connectivity index (χ4v) is 5.22. The van der Waals surface area contributed by atoms with Crippen molar-refractivity contribution in [3.05, 3.63) is 71.9 Å². The quantitative estimate of drug-likeness (QED) is 0.328. The second-order valence-electron chi connectivity index (χ2n) is 11.3. The number of hydrogen-bond acceptors (Lipinski definition) is 6. The molecule has 0 fully saturated rings. The second kappa shape index (κ2) is 14.8. The highest BCUT2D eigenvalue weighted by atomic mass is 16.5. The average molecular weight is 555 g/mol. The zero-order valence-corrected chi connectivity index (χ0v) is 25.0. The molecular formula is C32H46N2O6. The van der Waals surface area contributed by atoms with Gasteiger partial charge in [-0.3, -0.25) is 4.79 Å². The van der Waals surface area contributed by atoms with Crippen LogP contribution in [0.15, 0.2) is 71.9 Å². The number of amides is 2. The lowest BCUT2D eigenvalue weighted by atomic mass is 9.68. The van der Waals surface area contributed by atoms with Crippen molar-refractivity contribution in [3.63, 3.8) is 0 Å². The fourth-order valence-electron chi connectivity index (χ4n) is 5.22. The van der Waals surface area contributed by atoms with Gasteiger partial charge in [0.15, 0.2) is 0 Å². The molecule has 0 spiro atoms. The molecule has 8 atom stereocenters. The molecule has 0 aromatic heterocycles. The molecule has 0 radical (unpaired) electrons. The third-order valence-electron chi connectivity index (χ3n) is 7.65. The van der Waals surface area contributed by atoms with E-state index in [1.165, 1.54) is 20.1 Å². The van der Waals surface area contributed by atoms with E-state index in [-0.39, 0.29) is 29.2 Å². The van der Waals surface area contributed by atoms with Crippen LogP contribution in [0.2, 0.25) is 0 Å². The summed E-state index contributed by atoms with van der Waals surface area (Å²) in [6, 6.07) is -0.675. The molecule has 0 saturated carbocycles. The van der Waals surface area contributed by atoms with E-state index >= 15 is 0 Å². The third kappa shape index (κ3) is 9.66. The van der Waals surface area contributed by atoms with Crippen LogP contribution >= 0.6 is 0 Å². The van der Waals surface area contributed by atoms with Crippen LogP contribution in [0.3, 0.4) is 0 Å². The van der Waals surface area contributed by atoms with Gasteiger partial charge in [-0.05, 0) is 32.6 Å². The van der Waals surface area contributed by atoms with Crippen LogP contribution in [0.4, 0.5) is 4.79 Å². The molecule has 40 heavy (non-hydrogen) atoms. The molecule has 1 aliphatic carbocycles. The van der Waals surface area contributed by atoms with Crippen molar-refractivity contribution in [1.82, 2.24) is 10.6 Å². The van der Waals surface area contributed by atoms with E-state index in [9.17, 15) is 19.5 Å². The highest BCUT2D eigenvalue weighted by molar-refractivity contribution is 5.82. The highest BCUT2D eigenvalue weighted by Crippen LogP contribution is 2.41. The number of nitrogens with one attached hydrogen (secondary N) is 2. The maximum atomic E-state index is 12.8. The van der Waals surface area contributed by atoms with Crippen LogP contribution in [0.5, 0.6) is 0 Å². The van der Waals surface area contributed by atoms with E-state index in [0.717, 1.165) is 11.1 Å². The standard InChI is InChI=1S/C32H46N2O6/c1-20-10-9-11-28(36)40-30(23(4)29(37)24(5)33-25(6)35)22(3)13-12-21(2)18-26-14-15-27(34-31(38)39-8)19-32(26,7)17-16-20/h9-18,22-24,26-27,29-30,37H,19H2,1-8H3,(H,33,35)(H,34,38)/b11-9+,13-12+,17-16+,20-10-,21-18+/t22-,23-,24-,26-,27+,29+,30-,32-/m1/s1. The smallest absolute Gasteiger partial charge is 0.407 e. The Morgan fingerprint density at radius 2 is 1.82 bits per heavy atom. The Bertz CT molecular complexity index is 1100. The molecular weight excluding hydrogens is 508 g/mol. The number of aliphatic hydroxyl groups excluding tert-OH is 1. The van der Waals surface area contributed by atoms with Crippen LogP contribution in [0.1, 0.15) is 54.9 Å². The summed E-state index contributed by atoms with van der Waals surface area (Å²) in [5.41, 5.74) is 1.68. The zero-order chi connectivity index (χ0) is 30.0. The van der Waals surface area contributed by atoms with Gasteiger partial charge in [0, 0.05) is 30.8 Å². The maximum Gasteiger partial charge on any atom is 0.407 e. The van der Waals surface area contributed by atoms with E-state index < -0.39 is 36.2 Å². The van der Waals surface area contributed by atoms with Gasteiger partial charge >= 0.3 is 12.1 Å². The molecule has 2 aliphatic rings. The number of ether oxygens (including phenoxy) is 2. The largest absolute Gasteiger partial charge is 0.458 e. The van der Waals surface area contributed by atoms with Crippen LogP contribution < -0.4 is 10.6 Å². The Morgan fingerprint density at radius 1 is 1.12 bits per heavy atom. The lowest BCUT2D eigenvalue weighted by Crippen LogP contribution is -2.48. The van der Waals surface area contributed by atoms with Gasteiger partial charge in [0.2, 0.25) is 5.91 Å². The molecule has 2 rings (SSSR count). The van der Waals surface area contributed by atoms with Gasteiger partial charge in [0.1, 0.15) is 6.10 Å². The average Bonchev–Trinajstić information content (AvgIpc) is 2.89. The zero-order valence-electron chi connectivity index (χ0n) is 25.0. The van der Waals surface area contributed by atoms with Crippen molar-refractivity contribution in [1.29, 1.82) is 0 Å². The number of allylic oxidation sites excluding steroid dienone is 9. The summed E-state index contributed by atoms with van der Waals surface area (Å²) in [5.74, 6) is -1.35. The Morgan fingerprint density at radius 3 is 2.48 bits per heavy atom. The van der Waals surface area contributed by atoms with Crippen LogP contribution in [-0.2, 0) is 19.1 Å². The number of hydrogen-bond donors (Lipinski definition) is 3. The first-order valence-electron chi connectivity index (χ1n) is 13.8. The fraction of sp³-hybridized carbons (Fsp3) is 0.531. The number of cyclic esters (lactones) is 1. The first-order chi connectivity index (χ1) is 18.7. The number of esters is 1. The molecule has 2 amide bonds. The Balaban J connectivity index is 2.47. The number of carbonyl (C=O) groups is 3. The predicted octanol–water partition coefficient (Wildman–Crippen LogP) is 4.94. The molecule has 3 N–H and O–H groups in total. The highest BCUT2D eigenvalue weighted by Gasteiger charge is 2.36. The minimum Gasteiger partial charge on any atom is -0.458 e. The predicted molar refractivity (Wildman–Crippen MR) is 157 cm³/mol. The summed E-state index contributed by atoms with van der Waals surface area (Å²) in [6.45, 7) is 13.0. The summed E-state index contributed by atoms with van der Waals surface area (Å²) in [4.78, 5) is 36.2. The molecule has 0 aromatic carbocycles. The van der Waals surface area contributed by atoms with Gasteiger partial charge in [-0.1, -0.05) is 86.6 Å². The molecule has 220 valence electrons. The van der Waals surface area contributed by atoms with E-state index in [1.807, 2.05) is 58.1 Å². The summed E-state index contributed by atoms with van der Waals surface area (Å²) < 4.78 is 10.6. The molecule has 8 heteroatoms. The lowest BCUT2D eigenvalue weighted by molar-refractivity contribution is -0.151. The van der Waals surface area contributed by atoms with Gasteiger partial charge in [-0.15, -0.1) is 0 Å². The maximum absolute atomic E-state index is 12.8. The van der Waals surface area contributed by atoms with Crippen LogP contribution in [0, 0.1) is 23.2 Å². The van der Waals surface area contributed by atoms with Gasteiger partial charge < -0.3 is 25.2 Å². The monoisotopic (exact) mass is 554 g/mol. The van der Waals surface area contributed by atoms with Crippen molar-refractivity contribution in [3.8, 4) is 0 Å². The van der Waals surface area contributed by atoms with E-state index in [4.69, 9.17) is 9.47 Å². The lowest BCUT2D eigenvalue weighted by Gasteiger charge is -2.38. The Hall–Kier alpha value is -3.39. The Labute approximate surface area is 239 Å². The van der Waals surface area contributed by atoms with Gasteiger partial charge in [0.05, 0.1) is 25.3 Å². The van der Waals surface area contributed by atoms with Gasteiger partial charge in [-0.2, -0.15) is 0 Å². The van der Waals surface area contributed by atoms with Gasteiger partial charge in [0.25, 0.3) is 0 Å². The van der Waals surface area contributed by atoms with Crippen LogP contribution in [-0.4, -0.2) is 54.5 Å². The minimum absolute atomic E-state index is 0.0727. The van der Waals surface area contributed by atoms with Crippen molar-refractivity contribution < 1.29 is 29.0 Å². The molecule has 8 nitrogen and oxygen atoms in total. The minimum atomic E-state index is -0.921. The Kier molecular flexibility index (Phi) is 12.2. The molecule has 1 heterocycles. The van der Waals surface area contributed by atoms with Gasteiger partial charge in [-0.25, -0.2) is 9.59 Å². The SMILES string of the molecule is COC(=O)N[C@H]1C=C[C@@H]2/C=C(C)/C=C/[C@@H](C)[C@H]([C@H](C)[C@H](O)[C@@H](C)NC(C)=O)OC(=O)/C=C/C=C(C)\C=C\[C@]2(C)C1. The first-order valence-corrected chi connectivity index (χ1v) is 13.8. The van der Waals surface area contributed by atoms with Crippen molar-refractivity contribution in [2.75, 3.05) is 7.11 Å². The summed E-state index contributed by atoms with van der Waals surface area (Å²) in [6.07, 6.45) is 18.0. The second-order valence-corrected chi connectivity index (χ2v) is 11.3. The number of methoxy groups -OCH3 is 1. The number of carbonyl (C=O) groups excluding carboxylic acids is 3. The summed E-state index contributed by atoms with van der Waals surface area (Å²) in [7, 11) is 1.35. The number of fused-ring (bicyclic) bond motifs is 1. The molecule has 1 aliphatic heterocycles.